The largest absolute Gasteiger partial charge is 0.504 e. The van der Waals surface area contributed by atoms with Gasteiger partial charge in [-0.3, -0.25) is 0 Å². The van der Waals surface area contributed by atoms with Crippen LogP contribution in [-0.4, -0.2) is 46.3 Å². The average molecular weight is 218 g/mol. The summed E-state index contributed by atoms with van der Waals surface area (Å²) in [5, 5.41) is 17.6. The number of carbonyl (C=O) groups is 1. The zero-order chi connectivity index (χ0) is 10.6. The molecule has 2 N–H and O–H groups in total. The van der Waals surface area contributed by atoms with Gasteiger partial charge in [0.1, 0.15) is 0 Å². The smallest absolute Gasteiger partial charge is 0.328 e. The van der Waals surface area contributed by atoms with Gasteiger partial charge in [-0.15, -0.1) is 0 Å². The van der Waals surface area contributed by atoms with Gasteiger partial charge < -0.3 is 14.9 Å². The summed E-state index contributed by atoms with van der Waals surface area (Å²) in [6.07, 6.45) is 2.44. The first-order valence-electron chi connectivity index (χ1n) is 3.91. The standard InChI is InChI=1S/C10H10O4.Mg/c1-14-9-6-7(2-4-8(9)11)3-5-10(12)13;/h2-6,11H,1H3,(H,12,13);/b5-3+;. The molecule has 1 rings (SSSR count). The van der Waals surface area contributed by atoms with E-state index in [1.54, 1.807) is 12.1 Å². The van der Waals surface area contributed by atoms with Gasteiger partial charge >= 0.3 is 5.97 Å². The van der Waals surface area contributed by atoms with E-state index in [4.69, 9.17) is 9.84 Å². The molecule has 0 aliphatic rings. The number of phenols is 1. The monoisotopic (exact) mass is 218 g/mol. The van der Waals surface area contributed by atoms with Crippen molar-refractivity contribution in [3.8, 4) is 11.5 Å². The second-order valence-corrected chi connectivity index (χ2v) is 2.60. The third kappa shape index (κ3) is 4.22. The second kappa shape index (κ2) is 6.31. The van der Waals surface area contributed by atoms with Crippen molar-refractivity contribution in [3.05, 3.63) is 29.8 Å². The molecule has 15 heavy (non-hydrogen) atoms. The minimum Gasteiger partial charge on any atom is -0.504 e. The molecule has 0 heterocycles. The Hall–Kier alpha value is -1.20. The van der Waals surface area contributed by atoms with Gasteiger partial charge in [-0.25, -0.2) is 4.79 Å². The number of aliphatic carboxylic acids is 1. The van der Waals surface area contributed by atoms with Crippen molar-refractivity contribution in [1.29, 1.82) is 0 Å². The molecule has 0 atom stereocenters. The summed E-state index contributed by atoms with van der Waals surface area (Å²) >= 11 is 0. The molecular weight excluding hydrogens is 208 g/mol. The molecule has 5 heteroatoms. The van der Waals surface area contributed by atoms with E-state index in [0.717, 1.165) is 6.08 Å². The molecule has 1 aromatic rings. The third-order valence-corrected chi connectivity index (χ3v) is 1.62. The third-order valence-electron chi connectivity index (χ3n) is 1.62. The summed E-state index contributed by atoms with van der Waals surface area (Å²) < 4.78 is 4.86. The van der Waals surface area contributed by atoms with Crippen LogP contribution in [0.2, 0.25) is 0 Å². The fourth-order valence-electron chi connectivity index (χ4n) is 0.965. The van der Waals surface area contributed by atoms with Crippen molar-refractivity contribution < 1.29 is 19.7 Å². The molecule has 76 valence electrons. The van der Waals surface area contributed by atoms with Crippen molar-refractivity contribution in [2.75, 3.05) is 7.11 Å². The highest BCUT2D eigenvalue weighted by molar-refractivity contribution is 5.85. The lowest BCUT2D eigenvalue weighted by atomic mass is 10.2. The predicted octanol–water partition coefficient (Wildman–Crippen LogP) is 1.12. The van der Waals surface area contributed by atoms with E-state index in [1.807, 2.05) is 0 Å². The fourth-order valence-corrected chi connectivity index (χ4v) is 0.965. The van der Waals surface area contributed by atoms with Gasteiger partial charge in [0.2, 0.25) is 0 Å². The molecule has 0 amide bonds. The number of hydrogen-bond donors (Lipinski definition) is 2. The Morgan fingerprint density at radius 3 is 2.67 bits per heavy atom. The van der Waals surface area contributed by atoms with Gasteiger partial charge in [-0.1, -0.05) is 6.07 Å². The van der Waals surface area contributed by atoms with Crippen LogP contribution in [-0.2, 0) is 4.79 Å². The first-order valence-corrected chi connectivity index (χ1v) is 3.91. The normalized spacial score (nSPS) is 9.67. The number of aromatic hydroxyl groups is 1. The molecule has 0 saturated carbocycles. The van der Waals surface area contributed by atoms with E-state index in [2.05, 4.69) is 0 Å². The number of rotatable bonds is 3. The minimum atomic E-state index is -1.02. The Balaban J connectivity index is 0.00000196. The first kappa shape index (κ1) is 13.8. The Morgan fingerprint density at radius 1 is 1.47 bits per heavy atom. The van der Waals surface area contributed by atoms with Crippen molar-refractivity contribution in [2.45, 2.75) is 0 Å². The molecule has 0 saturated heterocycles. The molecule has 0 fully saturated rings. The van der Waals surface area contributed by atoms with Crippen LogP contribution < -0.4 is 4.74 Å². The van der Waals surface area contributed by atoms with Crippen LogP contribution in [0, 0.1) is 0 Å². The number of carboxylic acid groups (broad SMARTS) is 1. The minimum absolute atomic E-state index is 0. The second-order valence-electron chi connectivity index (χ2n) is 2.60. The maximum atomic E-state index is 10.2. The summed E-state index contributed by atoms with van der Waals surface area (Å²) in [5.74, 6) is -0.672. The quantitative estimate of drug-likeness (QED) is 0.589. The van der Waals surface area contributed by atoms with Crippen molar-refractivity contribution in [3.63, 3.8) is 0 Å². The van der Waals surface area contributed by atoms with Gasteiger partial charge in [0.25, 0.3) is 0 Å². The van der Waals surface area contributed by atoms with Crippen LogP contribution >= 0.6 is 0 Å². The van der Waals surface area contributed by atoms with Gasteiger partial charge in [0.15, 0.2) is 11.5 Å². The summed E-state index contributed by atoms with van der Waals surface area (Å²) in [5.41, 5.74) is 0.655. The van der Waals surface area contributed by atoms with Gasteiger partial charge in [0, 0.05) is 29.1 Å². The van der Waals surface area contributed by atoms with Crippen LogP contribution in [0.1, 0.15) is 5.56 Å². The van der Waals surface area contributed by atoms with Crippen LogP contribution in [0.3, 0.4) is 0 Å². The number of methoxy groups -OCH3 is 1. The molecule has 0 aliphatic carbocycles. The van der Waals surface area contributed by atoms with Gasteiger partial charge in [-0.05, 0) is 23.8 Å². The van der Waals surface area contributed by atoms with E-state index in [9.17, 15) is 9.90 Å². The Morgan fingerprint density at radius 2 is 2.13 bits per heavy atom. The zero-order valence-electron chi connectivity index (χ0n) is 8.30. The highest BCUT2D eigenvalue weighted by atomic mass is 24.3. The first-order chi connectivity index (χ1) is 6.63. The Kier molecular flexibility index (Phi) is 5.81. The number of carboxylic acids is 1. The van der Waals surface area contributed by atoms with E-state index >= 15 is 0 Å². The lowest BCUT2D eigenvalue weighted by molar-refractivity contribution is -0.131. The molecule has 1 aromatic carbocycles. The molecule has 0 spiro atoms. The molecule has 0 aliphatic heterocycles. The van der Waals surface area contributed by atoms with Gasteiger partial charge in [0.05, 0.1) is 7.11 Å². The fraction of sp³-hybridized carbons (Fsp3) is 0.100. The van der Waals surface area contributed by atoms with E-state index in [0.29, 0.717) is 11.3 Å². The van der Waals surface area contributed by atoms with Crippen molar-refractivity contribution in [2.24, 2.45) is 0 Å². The number of hydrogen-bond acceptors (Lipinski definition) is 3. The van der Waals surface area contributed by atoms with Crippen molar-refractivity contribution >= 4 is 35.1 Å². The summed E-state index contributed by atoms with van der Waals surface area (Å²) in [4.78, 5) is 10.2. The topological polar surface area (TPSA) is 66.8 Å². The highest BCUT2D eigenvalue weighted by Crippen LogP contribution is 2.26. The molecule has 4 nitrogen and oxygen atoms in total. The molecular formula is C10H10MgO4. The Labute approximate surface area is 103 Å². The zero-order valence-corrected chi connectivity index (χ0v) is 9.72. The molecule has 0 aromatic heterocycles. The number of benzene rings is 1. The van der Waals surface area contributed by atoms with E-state index in [-0.39, 0.29) is 28.8 Å². The maximum absolute atomic E-state index is 10.2. The molecule has 0 unspecified atom stereocenters. The number of ether oxygens (including phenoxy) is 1. The van der Waals surface area contributed by atoms with E-state index in [1.165, 1.54) is 19.3 Å². The maximum Gasteiger partial charge on any atom is 0.328 e. The molecule has 0 bridgehead atoms. The van der Waals surface area contributed by atoms with Crippen molar-refractivity contribution in [1.82, 2.24) is 0 Å². The summed E-state index contributed by atoms with van der Waals surface area (Å²) in [7, 11) is 1.43. The molecule has 2 radical (unpaired) electrons. The van der Waals surface area contributed by atoms with Gasteiger partial charge in [-0.2, -0.15) is 0 Å². The lowest BCUT2D eigenvalue weighted by Crippen LogP contribution is -1.87. The Bertz CT molecular complexity index is 374. The predicted molar refractivity (Wildman–Crippen MR) is 57.1 cm³/mol. The number of phenolic OH excluding ortho intramolecular Hbond substituents is 1. The highest BCUT2D eigenvalue weighted by Gasteiger charge is 2.00. The van der Waals surface area contributed by atoms with Crippen LogP contribution in [0.4, 0.5) is 0 Å². The van der Waals surface area contributed by atoms with Crippen LogP contribution in [0.5, 0.6) is 11.5 Å². The van der Waals surface area contributed by atoms with Crippen LogP contribution in [0.25, 0.3) is 6.08 Å². The summed E-state index contributed by atoms with van der Waals surface area (Å²) in [6.45, 7) is 0. The van der Waals surface area contributed by atoms with Crippen LogP contribution in [0.15, 0.2) is 24.3 Å². The average Bonchev–Trinajstić information content (AvgIpc) is 2.16. The lowest BCUT2D eigenvalue weighted by Gasteiger charge is -2.03. The van der Waals surface area contributed by atoms with E-state index < -0.39 is 5.97 Å². The summed E-state index contributed by atoms with van der Waals surface area (Å²) in [6, 6.07) is 4.59. The SMILES string of the molecule is COc1cc(/C=C/C(=O)O)ccc1O.[Mg].